The molecule has 0 bridgehead atoms. The maximum absolute atomic E-state index is 14.1. The zero-order valence-corrected chi connectivity index (χ0v) is 21.0. The Labute approximate surface area is 191 Å². The largest absolute Gasteiger partial charge is 0.301 e. The molecule has 1 unspecified atom stereocenters. The fourth-order valence-corrected chi connectivity index (χ4v) is 4.66. The summed E-state index contributed by atoms with van der Waals surface area (Å²) in [5.74, 6) is -1.06. The minimum atomic E-state index is -4.15. The van der Waals surface area contributed by atoms with Crippen LogP contribution in [0.4, 0.5) is 4.39 Å². The minimum Gasteiger partial charge on any atom is -0.301 e. The fraction of sp³-hybridized carbons (Fsp3) is 0.565. The molecule has 1 amide bonds. The first-order valence-corrected chi connectivity index (χ1v) is 12.4. The number of carbonyl (C=O) groups is 1. The smallest absolute Gasteiger partial charge is 0.283 e. The molecule has 32 heavy (non-hydrogen) atoms. The zero-order chi connectivity index (χ0) is 24.4. The second-order valence-electron chi connectivity index (χ2n) is 8.94. The highest BCUT2D eigenvalue weighted by molar-refractivity contribution is 7.90. The Morgan fingerprint density at radius 2 is 1.62 bits per heavy atom. The molecule has 2 aromatic rings. The number of hydrogen-bond acceptors (Lipinski definition) is 5. The summed E-state index contributed by atoms with van der Waals surface area (Å²) in [5.41, 5.74) is 2.83. The molecule has 1 aromatic carbocycles. The van der Waals surface area contributed by atoms with Crippen molar-refractivity contribution >= 4 is 15.9 Å². The number of rotatable bonds is 9. The third-order valence-electron chi connectivity index (χ3n) is 5.68. The van der Waals surface area contributed by atoms with Gasteiger partial charge in [-0.1, -0.05) is 27.7 Å². The molecule has 0 saturated heterocycles. The molecule has 0 saturated carbocycles. The van der Waals surface area contributed by atoms with E-state index < -0.39 is 15.9 Å². The van der Waals surface area contributed by atoms with Gasteiger partial charge in [-0.05, 0) is 68.6 Å². The van der Waals surface area contributed by atoms with E-state index in [0.29, 0.717) is 23.2 Å². The van der Waals surface area contributed by atoms with Crippen LogP contribution in [-0.4, -0.2) is 43.1 Å². The summed E-state index contributed by atoms with van der Waals surface area (Å²) in [7, 11) is -0.354. The first-order chi connectivity index (χ1) is 14.8. The van der Waals surface area contributed by atoms with Crippen LogP contribution in [0.1, 0.15) is 81.8 Å². The quantitative estimate of drug-likeness (QED) is 0.605. The molecule has 9 heteroatoms. The Morgan fingerprint density at radius 3 is 2.06 bits per heavy atom. The average Bonchev–Trinajstić information content (AvgIpc) is 3.12. The van der Waals surface area contributed by atoms with Gasteiger partial charge in [0, 0.05) is 18.7 Å². The van der Waals surface area contributed by atoms with Crippen molar-refractivity contribution in [3.63, 3.8) is 0 Å². The Morgan fingerprint density at radius 1 is 1.09 bits per heavy atom. The van der Waals surface area contributed by atoms with E-state index in [1.807, 2.05) is 60.5 Å². The van der Waals surface area contributed by atoms with Gasteiger partial charge in [-0.25, -0.2) is 9.11 Å². The third kappa shape index (κ3) is 5.75. The topological polar surface area (TPSA) is 84.3 Å². The number of aromatic nitrogens is 2. The Hall–Kier alpha value is -2.26. The Bertz CT molecular complexity index is 1050. The Balaban J connectivity index is 2.36. The van der Waals surface area contributed by atoms with Crippen molar-refractivity contribution in [3.8, 4) is 0 Å². The van der Waals surface area contributed by atoms with Gasteiger partial charge < -0.3 is 4.90 Å². The molecular formula is C23H35FN4O3S. The van der Waals surface area contributed by atoms with Crippen LogP contribution >= 0.6 is 0 Å². The molecule has 7 nitrogen and oxygen atoms in total. The third-order valence-corrected chi connectivity index (χ3v) is 6.93. The van der Waals surface area contributed by atoms with Crippen LogP contribution < -0.4 is 4.72 Å². The van der Waals surface area contributed by atoms with Crippen molar-refractivity contribution in [1.82, 2.24) is 19.4 Å². The summed E-state index contributed by atoms with van der Waals surface area (Å²) in [6, 6.07) is 4.29. The van der Waals surface area contributed by atoms with Gasteiger partial charge in [0.2, 0.25) is 5.91 Å². The standard InChI is InChI=1S/C23H35FN4O3S/c1-9-28-21(16(6)27(7)8)13-23(25-28)32(30,31)26-22(29)12-20-18(14(2)3)10-17(24)11-19(20)15(4)5/h10-11,13-16H,9,12H2,1-8H3,(H,26,29). The predicted octanol–water partition coefficient (Wildman–Crippen LogP) is 3.96. The maximum Gasteiger partial charge on any atom is 0.283 e. The van der Waals surface area contributed by atoms with Crippen LogP contribution in [0.25, 0.3) is 0 Å². The van der Waals surface area contributed by atoms with Crippen LogP contribution in [0.15, 0.2) is 23.2 Å². The van der Waals surface area contributed by atoms with E-state index in [1.54, 1.807) is 4.68 Å². The van der Waals surface area contributed by atoms with E-state index in [9.17, 15) is 17.6 Å². The van der Waals surface area contributed by atoms with Gasteiger partial charge in [0.05, 0.1) is 12.1 Å². The lowest BCUT2D eigenvalue weighted by Crippen LogP contribution is -2.32. The highest BCUT2D eigenvalue weighted by Gasteiger charge is 2.26. The van der Waals surface area contributed by atoms with E-state index in [2.05, 4.69) is 9.82 Å². The van der Waals surface area contributed by atoms with Crippen molar-refractivity contribution in [1.29, 1.82) is 0 Å². The van der Waals surface area contributed by atoms with E-state index >= 15 is 0 Å². The maximum atomic E-state index is 14.1. The number of halogens is 1. The first-order valence-electron chi connectivity index (χ1n) is 10.9. The SMILES string of the molecule is CCn1nc(S(=O)(=O)NC(=O)Cc2c(C(C)C)cc(F)cc2C(C)C)cc1C(C)N(C)C. The number of aryl methyl sites for hydroxylation is 1. The molecule has 1 N–H and O–H groups in total. The number of nitrogens with zero attached hydrogens (tertiary/aromatic N) is 3. The number of sulfonamides is 1. The molecule has 2 rings (SSSR count). The van der Waals surface area contributed by atoms with Crippen molar-refractivity contribution in [2.24, 2.45) is 0 Å². The summed E-state index contributed by atoms with van der Waals surface area (Å²) in [5, 5.41) is 4.01. The monoisotopic (exact) mass is 466 g/mol. The number of hydrogen-bond donors (Lipinski definition) is 1. The number of nitrogens with one attached hydrogen (secondary N) is 1. The predicted molar refractivity (Wildman–Crippen MR) is 124 cm³/mol. The number of amides is 1. The lowest BCUT2D eigenvalue weighted by molar-refractivity contribution is -0.118. The molecular weight excluding hydrogens is 431 g/mol. The fourth-order valence-electron chi connectivity index (χ4n) is 3.70. The summed E-state index contributed by atoms with van der Waals surface area (Å²) < 4.78 is 43.8. The molecule has 178 valence electrons. The van der Waals surface area contributed by atoms with Crippen molar-refractivity contribution in [3.05, 3.63) is 46.4 Å². The van der Waals surface area contributed by atoms with Gasteiger partial charge in [0.25, 0.3) is 10.0 Å². The van der Waals surface area contributed by atoms with Crippen LogP contribution in [0, 0.1) is 5.82 Å². The van der Waals surface area contributed by atoms with E-state index in [-0.39, 0.29) is 35.1 Å². The summed E-state index contributed by atoms with van der Waals surface area (Å²) in [4.78, 5) is 14.8. The highest BCUT2D eigenvalue weighted by Crippen LogP contribution is 2.30. The van der Waals surface area contributed by atoms with Crippen molar-refractivity contribution < 1.29 is 17.6 Å². The van der Waals surface area contributed by atoms with Gasteiger partial charge in [0.1, 0.15) is 5.82 Å². The summed E-state index contributed by atoms with van der Waals surface area (Å²) in [6.07, 6.45) is -0.157. The first kappa shape index (κ1) is 26.0. The van der Waals surface area contributed by atoms with E-state index in [4.69, 9.17) is 0 Å². The van der Waals surface area contributed by atoms with Gasteiger partial charge in [-0.2, -0.15) is 13.5 Å². The van der Waals surface area contributed by atoms with Gasteiger partial charge in [-0.15, -0.1) is 0 Å². The minimum absolute atomic E-state index is 0.0158. The van der Waals surface area contributed by atoms with Crippen molar-refractivity contribution in [2.75, 3.05) is 14.1 Å². The van der Waals surface area contributed by atoms with Gasteiger partial charge >= 0.3 is 0 Å². The lowest BCUT2D eigenvalue weighted by atomic mass is 9.87. The molecule has 0 aliphatic heterocycles. The molecule has 0 fully saturated rings. The zero-order valence-electron chi connectivity index (χ0n) is 20.2. The summed E-state index contributed by atoms with van der Waals surface area (Å²) >= 11 is 0. The molecule has 1 aromatic heterocycles. The van der Waals surface area contributed by atoms with Crippen LogP contribution in [0.2, 0.25) is 0 Å². The van der Waals surface area contributed by atoms with E-state index in [1.165, 1.54) is 18.2 Å². The van der Waals surface area contributed by atoms with Gasteiger partial charge in [-0.3, -0.25) is 9.48 Å². The number of benzene rings is 1. The van der Waals surface area contributed by atoms with E-state index in [0.717, 1.165) is 5.69 Å². The summed E-state index contributed by atoms with van der Waals surface area (Å²) in [6.45, 7) is 12.0. The van der Waals surface area contributed by atoms with Crippen LogP contribution in [0.5, 0.6) is 0 Å². The second-order valence-corrected chi connectivity index (χ2v) is 10.6. The van der Waals surface area contributed by atoms with Gasteiger partial charge in [0.15, 0.2) is 5.03 Å². The number of carbonyl (C=O) groups excluding carboxylic acids is 1. The average molecular weight is 467 g/mol. The molecule has 1 atom stereocenters. The second kappa shape index (κ2) is 10.1. The lowest BCUT2D eigenvalue weighted by Gasteiger charge is -2.20. The molecule has 1 heterocycles. The molecule has 0 aliphatic carbocycles. The van der Waals surface area contributed by atoms with Crippen molar-refractivity contribution in [2.45, 2.75) is 77.4 Å². The van der Waals surface area contributed by atoms with Crippen LogP contribution in [0.3, 0.4) is 0 Å². The normalized spacial score (nSPS) is 13.2. The Kier molecular flexibility index (Phi) is 8.22. The molecule has 0 aliphatic rings. The highest BCUT2D eigenvalue weighted by atomic mass is 32.2. The molecule has 0 spiro atoms. The molecule has 0 radical (unpaired) electrons. The van der Waals surface area contributed by atoms with Crippen LogP contribution in [-0.2, 0) is 27.8 Å².